The zero-order valence-corrected chi connectivity index (χ0v) is 13.2. The van der Waals surface area contributed by atoms with Gasteiger partial charge < -0.3 is 14.6 Å². The number of likely N-dealkylation sites (tertiary alicyclic amines) is 1. The summed E-state index contributed by atoms with van der Waals surface area (Å²) < 4.78 is 11.0. The molecular weight excluding hydrogens is 308 g/mol. The lowest BCUT2D eigenvalue weighted by atomic mass is 10.2. The highest BCUT2D eigenvalue weighted by Gasteiger charge is 2.35. The predicted octanol–water partition coefficient (Wildman–Crippen LogP) is 2.23. The van der Waals surface area contributed by atoms with E-state index in [9.17, 15) is 9.90 Å². The molecule has 24 heavy (non-hydrogen) atoms. The van der Waals surface area contributed by atoms with Crippen molar-refractivity contribution in [2.75, 3.05) is 13.2 Å². The monoisotopic (exact) mass is 328 g/mol. The van der Waals surface area contributed by atoms with Crippen LogP contribution in [0.5, 0.6) is 5.75 Å². The Balaban J connectivity index is 1.55. The highest BCUT2D eigenvalue weighted by Crippen LogP contribution is 2.21. The fourth-order valence-electron chi connectivity index (χ4n) is 2.70. The summed E-state index contributed by atoms with van der Waals surface area (Å²) in [7, 11) is 0. The van der Waals surface area contributed by atoms with Crippen LogP contribution in [0.3, 0.4) is 0 Å². The van der Waals surface area contributed by atoms with Gasteiger partial charge in [-0.3, -0.25) is 9.88 Å². The number of benzene rings is 1. The van der Waals surface area contributed by atoms with Gasteiger partial charge in [0.2, 0.25) is 0 Å². The molecular formula is C18H20N2O4. The molecule has 0 radical (unpaired) electrons. The van der Waals surface area contributed by atoms with Gasteiger partial charge in [-0.15, -0.1) is 0 Å². The molecule has 126 valence electrons. The highest BCUT2D eigenvalue weighted by atomic mass is 16.6. The topological polar surface area (TPSA) is 71.9 Å². The fourth-order valence-corrected chi connectivity index (χ4v) is 2.70. The Labute approximate surface area is 140 Å². The maximum absolute atomic E-state index is 12.3. The molecule has 1 fully saturated rings. The van der Waals surface area contributed by atoms with Crippen molar-refractivity contribution >= 4 is 6.09 Å². The number of aromatic nitrogens is 1. The largest absolute Gasteiger partial charge is 0.490 e. The molecule has 1 aromatic heterocycles. The van der Waals surface area contributed by atoms with Gasteiger partial charge in [0.25, 0.3) is 0 Å². The minimum Gasteiger partial charge on any atom is -0.490 e. The van der Waals surface area contributed by atoms with Crippen LogP contribution in [0, 0.1) is 0 Å². The molecule has 2 heterocycles. The average Bonchev–Trinajstić information content (AvgIpc) is 3.00. The van der Waals surface area contributed by atoms with Crippen LogP contribution in [-0.4, -0.2) is 46.4 Å². The molecule has 1 aliphatic rings. The van der Waals surface area contributed by atoms with Gasteiger partial charge in [-0.25, -0.2) is 4.79 Å². The van der Waals surface area contributed by atoms with Crippen LogP contribution in [0.2, 0.25) is 0 Å². The molecule has 0 bridgehead atoms. The first kappa shape index (κ1) is 16.3. The molecule has 0 spiro atoms. The van der Waals surface area contributed by atoms with Crippen molar-refractivity contribution in [1.29, 1.82) is 0 Å². The van der Waals surface area contributed by atoms with E-state index in [1.54, 1.807) is 24.5 Å². The summed E-state index contributed by atoms with van der Waals surface area (Å²) in [6.07, 6.45) is 2.76. The first-order valence-corrected chi connectivity index (χ1v) is 7.90. The Hall–Kier alpha value is -2.60. The van der Waals surface area contributed by atoms with Gasteiger partial charge in [-0.1, -0.05) is 30.3 Å². The van der Waals surface area contributed by atoms with E-state index in [2.05, 4.69) is 4.98 Å². The lowest BCUT2D eigenvalue weighted by Gasteiger charge is -2.23. The normalized spacial score (nSPS) is 20.0. The number of pyridine rings is 1. The average molecular weight is 328 g/mol. The number of nitrogens with zero attached hydrogens (tertiary/aromatic N) is 2. The van der Waals surface area contributed by atoms with Crippen molar-refractivity contribution in [3.8, 4) is 5.75 Å². The first-order chi connectivity index (χ1) is 11.7. The second-order valence-electron chi connectivity index (χ2n) is 5.74. The molecule has 0 unspecified atom stereocenters. The summed E-state index contributed by atoms with van der Waals surface area (Å²) in [5, 5.41) is 9.88. The Morgan fingerprint density at radius 3 is 2.83 bits per heavy atom. The molecule has 0 aliphatic carbocycles. The van der Waals surface area contributed by atoms with Gasteiger partial charge in [0.05, 0.1) is 24.9 Å². The van der Waals surface area contributed by atoms with Crippen LogP contribution in [0.1, 0.15) is 12.0 Å². The minimum atomic E-state index is -0.559. The van der Waals surface area contributed by atoms with Gasteiger partial charge >= 0.3 is 6.09 Å². The van der Waals surface area contributed by atoms with Gasteiger partial charge in [0, 0.05) is 6.20 Å². The van der Waals surface area contributed by atoms with Crippen LogP contribution < -0.4 is 4.74 Å². The summed E-state index contributed by atoms with van der Waals surface area (Å²) in [5.74, 6) is 0.636. The summed E-state index contributed by atoms with van der Waals surface area (Å²) in [6, 6.07) is 12.9. The molecule has 2 atom stereocenters. The SMILES string of the molecule is O=C(OCc1ccccc1)N1C[C@H](O)C[C@H]1COc1cccnc1. The first-order valence-electron chi connectivity index (χ1n) is 7.90. The third kappa shape index (κ3) is 4.23. The number of rotatable bonds is 5. The van der Waals surface area contributed by atoms with Crippen molar-refractivity contribution in [2.24, 2.45) is 0 Å². The number of carbonyl (C=O) groups is 1. The van der Waals surface area contributed by atoms with E-state index in [-0.39, 0.29) is 19.2 Å². The number of hydrogen-bond acceptors (Lipinski definition) is 5. The zero-order valence-electron chi connectivity index (χ0n) is 13.2. The van der Waals surface area contributed by atoms with Crippen LogP contribution >= 0.6 is 0 Å². The Bertz CT molecular complexity index is 651. The molecule has 3 rings (SSSR count). The number of carbonyl (C=O) groups excluding carboxylic acids is 1. The molecule has 2 aromatic rings. The third-order valence-corrected chi connectivity index (χ3v) is 3.91. The molecule has 1 aromatic carbocycles. The van der Waals surface area contributed by atoms with Gasteiger partial charge in [-0.05, 0) is 24.1 Å². The summed E-state index contributed by atoms with van der Waals surface area (Å²) in [6.45, 7) is 0.764. The van der Waals surface area contributed by atoms with Gasteiger partial charge in [0.1, 0.15) is 19.0 Å². The van der Waals surface area contributed by atoms with Crippen molar-refractivity contribution in [1.82, 2.24) is 9.88 Å². The molecule has 6 heteroatoms. The van der Waals surface area contributed by atoms with Crippen molar-refractivity contribution in [2.45, 2.75) is 25.2 Å². The van der Waals surface area contributed by atoms with E-state index in [1.807, 2.05) is 30.3 Å². The van der Waals surface area contributed by atoms with Crippen LogP contribution in [-0.2, 0) is 11.3 Å². The van der Waals surface area contributed by atoms with E-state index in [0.717, 1.165) is 5.56 Å². The smallest absolute Gasteiger partial charge is 0.410 e. The Morgan fingerprint density at radius 2 is 2.08 bits per heavy atom. The molecule has 1 amide bonds. The number of aliphatic hydroxyl groups is 1. The van der Waals surface area contributed by atoms with Gasteiger partial charge in [0.15, 0.2) is 0 Å². The van der Waals surface area contributed by atoms with Crippen molar-refractivity contribution < 1.29 is 19.4 Å². The summed E-state index contributed by atoms with van der Waals surface area (Å²) in [4.78, 5) is 17.8. The molecule has 6 nitrogen and oxygen atoms in total. The molecule has 1 N–H and O–H groups in total. The third-order valence-electron chi connectivity index (χ3n) is 3.91. The standard InChI is InChI=1S/C18H20N2O4/c21-16-9-15(13-23-17-7-4-8-19-10-17)20(11-16)18(22)24-12-14-5-2-1-3-6-14/h1-8,10,15-16,21H,9,11-13H2/t15-,16+/m0/s1. The lowest BCUT2D eigenvalue weighted by molar-refractivity contribution is 0.0796. The van der Waals surface area contributed by atoms with Crippen LogP contribution in [0.25, 0.3) is 0 Å². The van der Waals surface area contributed by atoms with E-state index in [0.29, 0.717) is 18.8 Å². The van der Waals surface area contributed by atoms with Crippen molar-refractivity contribution in [3.05, 3.63) is 60.4 Å². The molecule has 0 saturated carbocycles. The summed E-state index contributed by atoms with van der Waals surface area (Å²) >= 11 is 0. The molecule has 1 saturated heterocycles. The Morgan fingerprint density at radius 1 is 1.25 bits per heavy atom. The minimum absolute atomic E-state index is 0.211. The predicted molar refractivity (Wildman–Crippen MR) is 87.5 cm³/mol. The number of aliphatic hydroxyl groups excluding tert-OH is 1. The Kier molecular flexibility index (Phi) is 5.28. The highest BCUT2D eigenvalue weighted by molar-refractivity contribution is 5.68. The van der Waals surface area contributed by atoms with E-state index >= 15 is 0 Å². The number of amides is 1. The molecule has 1 aliphatic heterocycles. The quantitative estimate of drug-likeness (QED) is 0.911. The lowest BCUT2D eigenvalue weighted by Crippen LogP contribution is -2.39. The van der Waals surface area contributed by atoms with E-state index < -0.39 is 12.2 Å². The van der Waals surface area contributed by atoms with Crippen LogP contribution in [0.4, 0.5) is 4.79 Å². The van der Waals surface area contributed by atoms with E-state index in [4.69, 9.17) is 9.47 Å². The van der Waals surface area contributed by atoms with E-state index in [1.165, 1.54) is 4.90 Å². The number of ether oxygens (including phenoxy) is 2. The fraction of sp³-hybridized carbons (Fsp3) is 0.333. The van der Waals surface area contributed by atoms with Crippen LogP contribution in [0.15, 0.2) is 54.9 Å². The number of hydrogen-bond donors (Lipinski definition) is 1. The zero-order chi connectivity index (χ0) is 16.8. The maximum Gasteiger partial charge on any atom is 0.410 e. The number of β-amino-alcohol motifs (C(OH)–C–C–N with tert-alkyl or cyclic N) is 1. The maximum atomic E-state index is 12.3. The summed E-state index contributed by atoms with van der Waals surface area (Å²) in [5.41, 5.74) is 0.925. The van der Waals surface area contributed by atoms with Gasteiger partial charge in [-0.2, -0.15) is 0 Å². The second-order valence-corrected chi connectivity index (χ2v) is 5.74. The second kappa shape index (κ2) is 7.79. The van der Waals surface area contributed by atoms with Crippen molar-refractivity contribution in [3.63, 3.8) is 0 Å².